The number of hydrogen-bond donors (Lipinski definition) is 1. The van der Waals surface area contributed by atoms with Crippen molar-refractivity contribution in [3.63, 3.8) is 0 Å². The number of nitrogens with one attached hydrogen (secondary N) is 1. The molecule has 2 rings (SSSR count). The Bertz CT molecular complexity index is 444. The highest BCUT2D eigenvalue weighted by Crippen LogP contribution is 2.33. The number of hydrogen-bond acceptors (Lipinski definition) is 3. The standard InChI is InChI=1S/C11H13F3N2OS/c1-7-2-3-10(18-7)16-5-4-9(17)15-6-8(16)11(12,13)14/h2-3,8H,4-6H2,1H3,(H,15,17). The number of aryl methyl sites for hydroxylation is 1. The van der Waals surface area contributed by atoms with Crippen LogP contribution in [0.2, 0.25) is 0 Å². The van der Waals surface area contributed by atoms with Gasteiger partial charge in [0.05, 0.1) is 5.00 Å². The van der Waals surface area contributed by atoms with Crippen LogP contribution in [0, 0.1) is 6.92 Å². The van der Waals surface area contributed by atoms with Crippen LogP contribution in [0.5, 0.6) is 0 Å². The Kier molecular flexibility index (Phi) is 3.52. The minimum Gasteiger partial charge on any atom is -0.354 e. The minimum absolute atomic E-state index is 0.0868. The number of alkyl halides is 3. The summed E-state index contributed by atoms with van der Waals surface area (Å²) < 4.78 is 39.0. The van der Waals surface area contributed by atoms with Crippen LogP contribution in [0.4, 0.5) is 18.2 Å². The molecule has 1 saturated heterocycles. The number of carbonyl (C=O) groups excluding carboxylic acids is 1. The molecule has 100 valence electrons. The molecule has 18 heavy (non-hydrogen) atoms. The molecule has 1 N–H and O–H groups in total. The number of thiophene rings is 1. The van der Waals surface area contributed by atoms with Crippen LogP contribution in [0.15, 0.2) is 12.1 Å². The van der Waals surface area contributed by atoms with Crippen LogP contribution in [0.25, 0.3) is 0 Å². The van der Waals surface area contributed by atoms with Gasteiger partial charge in [-0.1, -0.05) is 0 Å². The predicted octanol–water partition coefficient (Wildman–Crippen LogP) is 2.31. The van der Waals surface area contributed by atoms with Crippen LogP contribution < -0.4 is 10.2 Å². The van der Waals surface area contributed by atoms with Gasteiger partial charge in [-0.05, 0) is 19.1 Å². The van der Waals surface area contributed by atoms with Gasteiger partial charge in [0.1, 0.15) is 6.04 Å². The van der Waals surface area contributed by atoms with Crippen molar-refractivity contribution in [2.45, 2.75) is 25.6 Å². The molecule has 2 heterocycles. The molecule has 7 heteroatoms. The lowest BCUT2D eigenvalue weighted by molar-refractivity contribution is -0.147. The SMILES string of the molecule is Cc1ccc(N2CCC(=O)NCC2C(F)(F)F)s1. The zero-order chi connectivity index (χ0) is 13.3. The van der Waals surface area contributed by atoms with E-state index in [0.29, 0.717) is 5.00 Å². The largest absolute Gasteiger partial charge is 0.410 e. The zero-order valence-corrected chi connectivity index (χ0v) is 10.6. The zero-order valence-electron chi connectivity index (χ0n) is 9.75. The van der Waals surface area contributed by atoms with E-state index in [1.54, 1.807) is 12.1 Å². The normalized spacial score (nSPS) is 21.7. The first-order valence-corrected chi connectivity index (χ1v) is 6.36. The van der Waals surface area contributed by atoms with Gasteiger partial charge in [-0.15, -0.1) is 11.3 Å². The second-order valence-corrected chi connectivity index (χ2v) is 5.46. The Hall–Kier alpha value is -1.24. The van der Waals surface area contributed by atoms with E-state index in [4.69, 9.17) is 0 Å². The third-order valence-electron chi connectivity index (χ3n) is 2.84. The number of nitrogens with zero attached hydrogens (tertiary/aromatic N) is 1. The fraction of sp³-hybridized carbons (Fsp3) is 0.545. The Morgan fingerprint density at radius 1 is 1.44 bits per heavy atom. The van der Waals surface area contributed by atoms with Crippen LogP contribution >= 0.6 is 11.3 Å². The quantitative estimate of drug-likeness (QED) is 0.855. The summed E-state index contributed by atoms with van der Waals surface area (Å²) in [5.74, 6) is -0.333. The lowest BCUT2D eigenvalue weighted by Crippen LogP contribution is -2.49. The molecule has 1 amide bonds. The number of anilines is 1. The predicted molar refractivity (Wildman–Crippen MR) is 63.9 cm³/mol. The number of amides is 1. The number of halogens is 3. The highest BCUT2D eigenvalue weighted by atomic mass is 32.1. The molecule has 1 unspecified atom stereocenters. The molecule has 0 spiro atoms. The third kappa shape index (κ3) is 2.77. The maximum Gasteiger partial charge on any atom is 0.410 e. The Morgan fingerprint density at radius 3 is 2.72 bits per heavy atom. The highest BCUT2D eigenvalue weighted by Gasteiger charge is 2.45. The van der Waals surface area contributed by atoms with Crippen molar-refractivity contribution in [3.8, 4) is 0 Å². The monoisotopic (exact) mass is 278 g/mol. The first-order chi connectivity index (χ1) is 8.38. The van der Waals surface area contributed by atoms with Crippen molar-refractivity contribution < 1.29 is 18.0 Å². The molecule has 0 radical (unpaired) electrons. The summed E-state index contributed by atoms with van der Waals surface area (Å²) in [6.07, 6.45) is -4.26. The van der Waals surface area contributed by atoms with Crippen LogP contribution in [-0.2, 0) is 4.79 Å². The van der Waals surface area contributed by atoms with Gasteiger partial charge in [0.15, 0.2) is 0 Å². The molecule has 1 aromatic rings. The second kappa shape index (κ2) is 4.79. The molecule has 3 nitrogen and oxygen atoms in total. The van der Waals surface area contributed by atoms with E-state index in [9.17, 15) is 18.0 Å². The Balaban J connectivity index is 2.30. The van der Waals surface area contributed by atoms with Crippen molar-refractivity contribution in [3.05, 3.63) is 17.0 Å². The summed E-state index contributed by atoms with van der Waals surface area (Å²) in [5.41, 5.74) is 0. The van der Waals surface area contributed by atoms with Gasteiger partial charge in [-0.3, -0.25) is 4.79 Å². The maximum absolute atomic E-state index is 13.0. The lowest BCUT2D eigenvalue weighted by atomic mass is 10.2. The summed E-state index contributed by atoms with van der Waals surface area (Å²) in [6, 6.07) is 1.81. The molecular weight excluding hydrogens is 265 g/mol. The van der Waals surface area contributed by atoms with Crippen molar-refractivity contribution >= 4 is 22.2 Å². The molecule has 1 aliphatic heterocycles. The molecule has 0 aliphatic carbocycles. The number of carbonyl (C=O) groups is 1. The van der Waals surface area contributed by atoms with E-state index < -0.39 is 12.2 Å². The number of rotatable bonds is 1. The summed E-state index contributed by atoms with van der Waals surface area (Å²) in [6.45, 7) is 1.55. The summed E-state index contributed by atoms with van der Waals surface area (Å²) in [5, 5.41) is 2.87. The molecule has 0 saturated carbocycles. The first-order valence-electron chi connectivity index (χ1n) is 5.54. The second-order valence-electron chi connectivity index (χ2n) is 4.19. The van der Waals surface area contributed by atoms with Crippen molar-refractivity contribution in [1.29, 1.82) is 0 Å². The van der Waals surface area contributed by atoms with Crippen LogP contribution in [-0.4, -0.2) is 31.2 Å². The molecular formula is C11H13F3N2OS. The van der Waals surface area contributed by atoms with Crippen LogP contribution in [0.1, 0.15) is 11.3 Å². The fourth-order valence-electron chi connectivity index (χ4n) is 1.92. The molecule has 0 bridgehead atoms. The molecule has 1 aliphatic rings. The van der Waals surface area contributed by atoms with Gasteiger partial charge >= 0.3 is 6.18 Å². The van der Waals surface area contributed by atoms with E-state index >= 15 is 0 Å². The van der Waals surface area contributed by atoms with Crippen molar-refractivity contribution in [1.82, 2.24) is 5.32 Å². The van der Waals surface area contributed by atoms with Gasteiger partial charge < -0.3 is 10.2 Å². The van der Waals surface area contributed by atoms with E-state index in [-0.39, 0.29) is 25.4 Å². The summed E-state index contributed by atoms with van der Waals surface area (Å²) >= 11 is 1.31. The molecule has 0 aromatic carbocycles. The van der Waals surface area contributed by atoms with Crippen LogP contribution in [0.3, 0.4) is 0 Å². The van der Waals surface area contributed by atoms with Gasteiger partial charge in [-0.25, -0.2) is 0 Å². The van der Waals surface area contributed by atoms with E-state index in [2.05, 4.69) is 5.32 Å². The summed E-state index contributed by atoms with van der Waals surface area (Å²) in [7, 11) is 0. The molecule has 1 aromatic heterocycles. The Labute approximate surface area is 107 Å². The lowest BCUT2D eigenvalue weighted by Gasteiger charge is -2.31. The van der Waals surface area contributed by atoms with Gasteiger partial charge in [-0.2, -0.15) is 13.2 Å². The van der Waals surface area contributed by atoms with Gasteiger partial charge in [0.25, 0.3) is 0 Å². The van der Waals surface area contributed by atoms with E-state index in [0.717, 1.165) is 4.88 Å². The van der Waals surface area contributed by atoms with E-state index in [1.165, 1.54) is 16.2 Å². The third-order valence-corrected chi connectivity index (χ3v) is 3.87. The Morgan fingerprint density at radius 2 is 2.17 bits per heavy atom. The van der Waals surface area contributed by atoms with Gasteiger partial charge in [0, 0.05) is 24.4 Å². The minimum atomic E-state index is -4.35. The van der Waals surface area contributed by atoms with E-state index in [1.807, 2.05) is 6.92 Å². The van der Waals surface area contributed by atoms with Crippen molar-refractivity contribution in [2.75, 3.05) is 18.0 Å². The maximum atomic E-state index is 13.0. The topological polar surface area (TPSA) is 32.3 Å². The fourth-order valence-corrected chi connectivity index (χ4v) is 2.86. The molecule has 1 atom stereocenters. The van der Waals surface area contributed by atoms with Gasteiger partial charge in [0.2, 0.25) is 5.91 Å². The summed E-state index contributed by atoms with van der Waals surface area (Å²) in [4.78, 5) is 13.5. The molecule has 1 fully saturated rings. The van der Waals surface area contributed by atoms with Crippen molar-refractivity contribution in [2.24, 2.45) is 0 Å². The average Bonchev–Trinajstić information content (AvgIpc) is 2.57. The smallest absolute Gasteiger partial charge is 0.354 e. The first kappa shape index (κ1) is 13.2. The average molecular weight is 278 g/mol. The highest BCUT2D eigenvalue weighted by molar-refractivity contribution is 7.16.